The Kier molecular flexibility index (Phi) is 8.42. The molecule has 3 nitrogen and oxygen atoms in total. The van der Waals surface area contributed by atoms with Gasteiger partial charge in [0.25, 0.3) is 0 Å². The Hall–Kier alpha value is -1.63. The van der Waals surface area contributed by atoms with Gasteiger partial charge in [-0.2, -0.15) is 0 Å². The molecule has 1 N–H and O–H groups in total. The van der Waals surface area contributed by atoms with Crippen LogP contribution in [0.1, 0.15) is 45.1 Å². The summed E-state index contributed by atoms with van der Waals surface area (Å²) in [4.78, 5) is 11.5. The molecular weight excluding hydrogens is 264 g/mol. The van der Waals surface area contributed by atoms with Crippen LogP contribution in [-0.4, -0.2) is 23.1 Å². The first-order valence-corrected chi connectivity index (χ1v) is 7.43. The van der Waals surface area contributed by atoms with Crippen molar-refractivity contribution in [3.63, 3.8) is 0 Å². The summed E-state index contributed by atoms with van der Waals surface area (Å²) in [6.45, 7) is 4.24. The monoisotopic (exact) mass is 288 g/mol. The van der Waals surface area contributed by atoms with Crippen LogP contribution in [-0.2, 0) is 16.1 Å². The predicted molar refractivity (Wildman–Crippen MR) is 83.6 cm³/mol. The molecule has 3 heteroatoms. The minimum atomic E-state index is -0.350. The first-order chi connectivity index (χ1) is 10.1. The normalized spacial score (nSPS) is 13.1. The number of ketones is 1. The number of hydrogen-bond acceptors (Lipinski definition) is 3. The smallest absolute Gasteiger partial charge is 0.205 e. The third-order valence-electron chi connectivity index (χ3n) is 3.02. The van der Waals surface area contributed by atoms with Crippen molar-refractivity contribution in [2.24, 2.45) is 0 Å². The van der Waals surface area contributed by atoms with Crippen molar-refractivity contribution >= 4 is 5.78 Å². The summed E-state index contributed by atoms with van der Waals surface area (Å²) in [6.07, 6.45) is 1.95. The van der Waals surface area contributed by atoms with Gasteiger partial charge in [0.1, 0.15) is 0 Å². The van der Waals surface area contributed by atoms with E-state index in [2.05, 4.69) is 11.8 Å². The van der Waals surface area contributed by atoms with E-state index in [-0.39, 0.29) is 18.0 Å². The van der Waals surface area contributed by atoms with Gasteiger partial charge in [-0.05, 0) is 38.2 Å². The molecule has 0 radical (unpaired) electrons. The first-order valence-electron chi connectivity index (χ1n) is 7.43. The molecule has 0 fully saturated rings. The van der Waals surface area contributed by atoms with Gasteiger partial charge < -0.3 is 9.84 Å². The van der Waals surface area contributed by atoms with Crippen LogP contribution in [0.2, 0.25) is 0 Å². The van der Waals surface area contributed by atoms with Gasteiger partial charge in [0.2, 0.25) is 5.78 Å². The standard InChI is InChI=1S/C18H24O3/c1-15(19)8-6-12-18(20)13-7-9-16(2)21-14-17-10-4-3-5-11-17/h3-5,10-11,15-16,19H,6,8-9,12,14H2,1-2H3. The minimum Gasteiger partial charge on any atom is -0.393 e. The number of benzene rings is 1. The quantitative estimate of drug-likeness (QED) is 0.590. The molecule has 0 bridgehead atoms. The Morgan fingerprint density at radius 2 is 2.00 bits per heavy atom. The Bertz CT molecular complexity index is 468. The van der Waals surface area contributed by atoms with Gasteiger partial charge >= 0.3 is 0 Å². The second-order valence-electron chi connectivity index (χ2n) is 5.28. The lowest BCUT2D eigenvalue weighted by Crippen LogP contribution is -2.07. The van der Waals surface area contributed by atoms with Gasteiger partial charge in [0.05, 0.1) is 18.8 Å². The summed E-state index contributed by atoms with van der Waals surface area (Å²) in [5.74, 6) is 5.44. The number of ether oxygens (including phenoxy) is 1. The van der Waals surface area contributed by atoms with Crippen LogP contribution in [0.5, 0.6) is 0 Å². The van der Waals surface area contributed by atoms with E-state index in [9.17, 15) is 4.79 Å². The number of hydrogen-bond donors (Lipinski definition) is 1. The van der Waals surface area contributed by atoms with E-state index in [1.165, 1.54) is 0 Å². The lowest BCUT2D eigenvalue weighted by Gasteiger charge is -2.09. The molecule has 2 atom stereocenters. The fraction of sp³-hybridized carbons (Fsp3) is 0.500. The molecule has 1 aromatic carbocycles. The second kappa shape index (κ2) is 10.1. The molecule has 0 saturated carbocycles. The third-order valence-corrected chi connectivity index (χ3v) is 3.02. The molecular formula is C18H24O3. The summed E-state index contributed by atoms with van der Waals surface area (Å²) >= 11 is 0. The Morgan fingerprint density at radius 3 is 2.67 bits per heavy atom. The Balaban J connectivity index is 2.19. The highest BCUT2D eigenvalue weighted by Gasteiger charge is 2.02. The third kappa shape index (κ3) is 9.01. The van der Waals surface area contributed by atoms with E-state index in [0.717, 1.165) is 5.56 Å². The highest BCUT2D eigenvalue weighted by atomic mass is 16.5. The average molecular weight is 288 g/mol. The van der Waals surface area contributed by atoms with Gasteiger partial charge in [0.15, 0.2) is 0 Å². The molecule has 0 amide bonds. The summed E-state index contributed by atoms with van der Waals surface area (Å²) in [7, 11) is 0. The zero-order chi connectivity index (χ0) is 15.5. The maximum Gasteiger partial charge on any atom is 0.205 e. The van der Waals surface area contributed by atoms with E-state index < -0.39 is 0 Å². The second-order valence-corrected chi connectivity index (χ2v) is 5.28. The molecule has 0 aliphatic rings. The van der Waals surface area contributed by atoms with Crippen molar-refractivity contribution in [3.8, 4) is 11.8 Å². The van der Waals surface area contributed by atoms with Crippen LogP contribution in [0.4, 0.5) is 0 Å². The number of aliphatic hydroxyl groups is 1. The van der Waals surface area contributed by atoms with Crippen molar-refractivity contribution in [2.45, 2.75) is 58.3 Å². The number of Topliss-reactive ketones (excluding diaryl/α,β-unsaturated/α-hetero) is 1. The number of carbonyl (C=O) groups is 1. The van der Waals surface area contributed by atoms with Crippen LogP contribution in [0.3, 0.4) is 0 Å². The molecule has 1 aromatic rings. The van der Waals surface area contributed by atoms with Crippen molar-refractivity contribution in [1.82, 2.24) is 0 Å². The minimum absolute atomic E-state index is 0.00275. The molecule has 0 aliphatic heterocycles. The summed E-state index contributed by atoms with van der Waals surface area (Å²) in [5, 5.41) is 9.10. The lowest BCUT2D eigenvalue weighted by molar-refractivity contribution is -0.114. The highest BCUT2D eigenvalue weighted by molar-refractivity contribution is 5.95. The average Bonchev–Trinajstić information content (AvgIpc) is 2.46. The van der Waals surface area contributed by atoms with Crippen molar-refractivity contribution in [1.29, 1.82) is 0 Å². The van der Waals surface area contributed by atoms with Crippen molar-refractivity contribution in [3.05, 3.63) is 35.9 Å². The highest BCUT2D eigenvalue weighted by Crippen LogP contribution is 2.05. The predicted octanol–water partition coefficient (Wildman–Crippen LogP) is 3.11. The molecule has 0 saturated heterocycles. The molecule has 0 aliphatic carbocycles. The van der Waals surface area contributed by atoms with Crippen molar-refractivity contribution in [2.75, 3.05) is 0 Å². The van der Waals surface area contributed by atoms with Gasteiger partial charge in [-0.25, -0.2) is 0 Å². The maximum absolute atomic E-state index is 11.5. The molecule has 2 unspecified atom stereocenters. The Morgan fingerprint density at radius 1 is 1.29 bits per heavy atom. The topological polar surface area (TPSA) is 46.5 Å². The van der Waals surface area contributed by atoms with E-state index in [0.29, 0.717) is 32.3 Å². The SMILES string of the molecule is CC(O)CCCC(=O)C#CCC(C)OCc1ccccc1. The number of carbonyl (C=O) groups excluding carboxylic acids is 1. The maximum atomic E-state index is 11.5. The van der Waals surface area contributed by atoms with Crippen LogP contribution in [0.25, 0.3) is 0 Å². The molecule has 1 rings (SSSR count). The van der Waals surface area contributed by atoms with Crippen LogP contribution in [0.15, 0.2) is 30.3 Å². The largest absolute Gasteiger partial charge is 0.393 e. The zero-order valence-corrected chi connectivity index (χ0v) is 12.8. The summed E-state index contributed by atoms with van der Waals surface area (Å²) in [6, 6.07) is 9.97. The van der Waals surface area contributed by atoms with E-state index in [4.69, 9.17) is 9.84 Å². The van der Waals surface area contributed by atoms with Gasteiger partial charge in [0, 0.05) is 12.8 Å². The molecule has 0 aromatic heterocycles. The van der Waals surface area contributed by atoms with E-state index >= 15 is 0 Å². The molecule has 114 valence electrons. The summed E-state index contributed by atoms with van der Waals surface area (Å²) < 4.78 is 5.68. The summed E-state index contributed by atoms with van der Waals surface area (Å²) in [5.41, 5.74) is 1.13. The van der Waals surface area contributed by atoms with Crippen molar-refractivity contribution < 1.29 is 14.6 Å². The fourth-order valence-electron chi connectivity index (χ4n) is 1.79. The first kappa shape index (κ1) is 17.4. The van der Waals surface area contributed by atoms with Crippen LogP contribution < -0.4 is 0 Å². The lowest BCUT2D eigenvalue weighted by atomic mass is 10.1. The molecule has 0 heterocycles. The van der Waals surface area contributed by atoms with Crippen LogP contribution >= 0.6 is 0 Å². The van der Waals surface area contributed by atoms with Gasteiger partial charge in [-0.3, -0.25) is 4.79 Å². The zero-order valence-electron chi connectivity index (χ0n) is 12.8. The molecule has 21 heavy (non-hydrogen) atoms. The van der Waals surface area contributed by atoms with E-state index in [1.54, 1.807) is 6.92 Å². The van der Waals surface area contributed by atoms with Crippen LogP contribution in [0, 0.1) is 11.8 Å². The van der Waals surface area contributed by atoms with Gasteiger partial charge in [-0.15, -0.1) is 0 Å². The number of aliphatic hydroxyl groups excluding tert-OH is 1. The van der Waals surface area contributed by atoms with Gasteiger partial charge in [-0.1, -0.05) is 36.3 Å². The number of rotatable bonds is 8. The Labute approximate surface area is 127 Å². The molecule has 0 spiro atoms. The fourth-order valence-corrected chi connectivity index (χ4v) is 1.79. The van der Waals surface area contributed by atoms with E-state index in [1.807, 2.05) is 37.3 Å².